The van der Waals surface area contributed by atoms with E-state index in [0.29, 0.717) is 17.0 Å². The fourth-order valence-electron chi connectivity index (χ4n) is 2.13. The quantitative estimate of drug-likeness (QED) is 0.814. The Morgan fingerprint density at radius 2 is 2.15 bits per heavy atom. The maximum Gasteiger partial charge on any atom is 0.258 e. The molecular weight excluding hydrogens is 279 g/mol. The van der Waals surface area contributed by atoms with Crippen molar-refractivity contribution in [1.82, 2.24) is 4.98 Å². The molecule has 1 aromatic heterocycles. The highest BCUT2D eigenvalue weighted by atomic mass is 35.5. The molecule has 0 atom stereocenters. The van der Waals surface area contributed by atoms with Crippen LogP contribution in [0.4, 0.5) is 10.1 Å². The third-order valence-corrected chi connectivity index (χ3v) is 3.47. The number of benzene rings is 1. The normalized spacial score (nSPS) is 15.3. The zero-order chi connectivity index (χ0) is 14.3. The van der Waals surface area contributed by atoms with Crippen LogP contribution >= 0.6 is 11.6 Å². The van der Waals surface area contributed by atoms with Gasteiger partial charge in [-0.05, 0) is 30.7 Å². The number of anilines is 1. The van der Waals surface area contributed by atoms with Gasteiger partial charge in [0.05, 0.1) is 22.0 Å². The van der Waals surface area contributed by atoms with Crippen LogP contribution < -0.4 is 5.32 Å². The fourth-order valence-corrected chi connectivity index (χ4v) is 2.31. The van der Waals surface area contributed by atoms with E-state index in [1.54, 1.807) is 18.3 Å². The molecule has 1 amide bonds. The van der Waals surface area contributed by atoms with Crippen molar-refractivity contribution in [2.45, 2.75) is 6.92 Å². The summed E-state index contributed by atoms with van der Waals surface area (Å²) in [4.78, 5) is 16.2. The molecule has 2 aromatic rings. The predicted molar refractivity (Wildman–Crippen MR) is 76.9 cm³/mol. The second-order valence-corrected chi connectivity index (χ2v) is 4.91. The summed E-state index contributed by atoms with van der Waals surface area (Å²) in [5.74, 6) is -0.836. The molecule has 5 heteroatoms. The molecule has 0 saturated heterocycles. The van der Waals surface area contributed by atoms with Gasteiger partial charge in [0.25, 0.3) is 5.91 Å². The number of rotatable bonds is 1. The third kappa shape index (κ3) is 1.98. The first-order valence-electron chi connectivity index (χ1n) is 6.01. The first-order valence-corrected chi connectivity index (χ1v) is 6.39. The fraction of sp³-hybridized carbons (Fsp3) is 0.0667. The molecule has 100 valence electrons. The Bertz CT molecular complexity index is 756. The molecule has 0 aliphatic carbocycles. The van der Waals surface area contributed by atoms with Crippen molar-refractivity contribution in [2.75, 3.05) is 5.32 Å². The summed E-state index contributed by atoms with van der Waals surface area (Å²) in [5, 5.41) is 2.77. The number of fused-ring (bicyclic) bond motifs is 1. The van der Waals surface area contributed by atoms with E-state index in [-0.39, 0.29) is 16.5 Å². The molecule has 0 bridgehead atoms. The highest BCUT2D eigenvalue weighted by Gasteiger charge is 2.27. The maximum atomic E-state index is 13.9. The first kappa shape index (κ1) is 12.8. The van der Waals surface area contributed by atoms with Gasteiger partial charge in [-0.15, -0.1) is 0 Å². The van der Waals surface area contributed by atoms with Crippen molar-refractivity contribution >= 4 is 34.8 Å². The van der Waals surface area contributed by atoms with Gasteiger partial charge in [-0.1, -0.05) is 23.7 Å². The minimum atomic E-state index is -0.546. The molecule has 1 N–H and O–H groups in total. The van der Waals surface area contributed by atoms with Gasteiger partial charge in [0.2, 0.25) is 0 Å². The second-order valence-electron chi connectivity index (χ2n) is 4.51. The van der Waals surface area contributed by atoms with E-state index in [1.165, 1.54) is 12.1 Å². The van der Waals surface area contributed by atoms with Crippen LogP contribution in [0.2, 0.25) is 5.02 Å². The molecule has 0 unspecified atom stereocenters. The molecule has 0 radical (unpaired) electrons. The molecule has 2 heterocycles. The summed E-state index contributed by atoms with van der Waals surface area (Å²) in [6.07, 6.45) is 3.09. The summed E-state index contributed by atoms with van der Waals surface area (Å²) in [6.45, 7) is 1.88. The third-order valence-electron chi connectivity index (χ3n) is 3.18. The van der Waals surface area contributed by atoms with Crippen LogP contribution in [0.1, 0.15) is 16.8 Å². The van der Waals surface area contributed by atoms with Crippen molar-refractivity contribution in [1.29, 1.82) is 0 Å². The minimum absolute atomic E-state index is 0.0233. The molecule has 1 aliphatic rings. The number of amides is 1. The number of hydrogen-bond acceptors (Lipinski definition) is 2. The number of halogens is 2. The number of hydrogen-bond donors (Lipinski definition) is 1. The standard InChI is InChI=1S/C15H10ClFN2O/c1-8-5-6-18-14-10(15(20)19-13(8)14)7-9-3-2-4-11(16)12(9)17/h2-7H,1H3,(H,19,20)/b10-7+. The Balaban J connectivity index is 2.16. The van der Waals surface area contributed by atoms with E-state index in [0.717, 1.165) is 5.56 Å². The van der Waals surface area contributed by atoms with Crippen molar-refractivity contribution in [3.8, 4) is 0 Å². The topological polar surface area (TPSA) is 42.0 Å². The molecule has 0 spiro atoms. The molecule has 0 saturated carbocycles. The van der Waals surface area contributed by atoms with E-state index in [4.69, 9.17) is 11.6 Å². The number of aromatic nitrogens is 1. The maximum absolute atomic E-state index is 13.9. The monoisotopic (exact) mass is 288 g/mol. The second kappa shape index (κ2) is 4.72. The van der Waals surface area contributed by atoms with Crippen molar-refractivity contribution < 1.29 is 9.18 Å². The Labute approximate surface area is 120 Å². The Kier molecular flexibility index (Phi) is 3.03. The number of nitrogens with zero attached hydrogens (tertiary/aromatic N) is 1. The van der Waals surface area contributed by atoms with Crippen LogP contribution in [-0.2, 0) is 4.79 Å². The number of carbonyl (C=O) groups is 1. The van der Waals surface area contributed by atoms with Crippen LogP contribution in [0.3, 0.4) is 0 Å². The van der Waals surface area contributed by atoms with Crippen LogP contribution in [0.5, 0.6) is 0 Å². The van der Waals surface area contributed by atoms with E-state index < -0.39 is 5.82 Å². The highest BCUT2D eigenvalue weighted by Crippen LogP contribution is 2.34. The van der Waals surface area contributed by atoms with Crippen LogP contribution in [0.15, 0.2) is 30.5 Å². The number of nitrogens with one attached hydrogen (secondary N) is 1. The molecule has 0 fully saturated rings. The lowest BCUT2D eigenvalue weighted by Gasteiger charge is -2.01. The summed E-state index contributed by atoms with van der Waals surface area (Å²) >= 11 is 5.74. The molecule has 1 aliphatic heterocycles. The number of pyridine rings is 1. The van der Waals surface area contributed by atoms with Crippen molar-refractivity contribution in [3.05, 3.63) is 58.1 Å². The van der Waals surface area contributed by atoms with Gasteiger partial charge in [0.15, 0.2) is 0 Å². The van der Waals surface area contributed by atoms with Gasteiger partial charge in [-0.3, -0.25) is 9.78 Å². The van der Waals surface area contributed by atoms with Crippen LogP contribution in [0.25, 0.3) is 11.6 Å². The Morgan fingerprint density at radius 1 is 1.35 bits per heavy atom. The van der Waals surface area contributed by atoms with Crippen molar-refractivity contribution in [2.24, 2.45) is 0 Å². The van der Waals surface area contributed by atoms with Gasteiger partial charge >= 0.3 is 0 Å². The van der Waals surface area contributed by atoms with Crippen LogP contribution in [-0.4, -0.2) is 10.9 Å². The lowest BCUT2D eigenvalue weighted by molar-refractivity contribution is -0.110. The van der Waals surface area contributed by atoms with E-state index >= 15 is 0 Å². The molecule has 3 nitrogen and oxygen atoms in total. The summed E-state index contributed by atoms with van der Waals surface area (Å²) < 4.78 is 13.9. The molecule has 3 rings (SSSR count). The number of carbonyl (C=O) groups excluding carboxylic acids is 1. The van der Waals surface area contributed by atoms with Gasteiger partial charge < -0.3 is 5.32 Å². The summed E-state index contributed by atoms with van der Waals surface area (Å²) in [7, 11) is 0. The SMILES string of the molecule is Cc1ccnc2c1NC(=O)/C2=C/c1cccc(Cl)c1F. The summed E-state index contributed by atoms with van der Waals surface area (Å²) in [5.41, 5.74) is 2.72. The van der Waals surface area contributed by atoms with E-state index in [2.05, 4.69) is 10.3 Å². The zero-order valence-corrected chi connectivity index (χ0v) is 11.3. The smallest absolute Gasteiger partial charge is 0.258 e. The predicted octanol–water partition coefficient (Wildman–Crippen LogP) is 3.68. The lowest BCUT2D eigenvalue weighted by atomic mass is 10.1. The average molecular weight is 289 g/mol. The van der Waals surface area contributed by atoms with Gasteiger partial charge in [0, 0.05) is 11.8 Å². The molecule has 20 heavy (non-hydrogen) atoms. The van der Waals surface area contributed by atoms with E-state index in [1.807, 2.05) is 13.0 Å². The first-order chi connectivity index (χ1) is 9.58. The molecule has 1 aromatic carbocycles. The number of aryl methyl sites for hydroxylation is 1. The van der Waals surface area contributed by atoms with Gasteiger partial charge in [0.1, 0.15) is 5.82 Å². The van der Waals surface area contributed by atoms with Gasteiger partial charge in [-0.25, -0.2) is 4.39 Å². The summed E-state index contributed by atoms with van der Waals surface area (Å²) in [6, 6.07) is 6.47. The van der Waals surface area contributed by atoms with Gasteiger partial charge in [-0.2, -0.15) is 0 Å². The highest BCUT2D eigenvalue weighted by molar-refractivity contribution is 6.35. The van der Waals surface area contributed by atoms with Crippen molar-refractivity contribution in [3.63, 3.8) is 0 Å². The Morgan fingerprint density at radius 3 is 2.95 bits per heavy atom. The lowest BCUT2D eigenvalue weighted by Crippen LogP contribution is -2.04. The van der Waals surface area contributed by atoms with E-state index in [9.17, 15) is 9.18 Å². The van der Waals surface area contributed by atoms with Crippen LogP contribution in [0, 0.1) is 12.7 Å². The Hall–Kier alpha value is -2.20. The minimum Gasteiger partial charge on any atom is -0.320 e. The zero-order valence-electron chi connectivity index (χ0n) is 10.6. The average Bonchev–Trinajstić information content (AvgIpc) is 2.74. The largest absolute Gasteiger partial charge is 0.320 e. The molecular formula is C15H10ClFN2O.